The maximum atomic E-state index is 10.9. The number of anilines is 2. The van der Waals surface area contributed by atoms with E-state index < -0.39 is 4.92 Å². The Morgan fingerprint density at radius 3 is 2.76 bits per heavy atom. The van der Waals surface area contributed by atoms with Crippen LogP contribution in [0.1, 0.15) is 0 Å². The molecule has 0 aliphatic rings. The zero-order valence-electron chi connectivity index (χ0n) is 10.7. The lowest BCUT2D eigenvalue weighted by molar-refractivity contribution is -0.384. The molecule has 21 heavy (non-hydrogen) atoms. The third-order valence-corrected chi connectivity index (χ3v) is 2.94. The highest BCUT2D eigenvalue weighted by Gasteiger charge is 2.10. The molecule has 7 heteroatoms. The Kier molecular flexibility index (Phi) is 3.07. The molecule has 0 saturated carbocycles. The van der Waals surface area contributed by atoms with Gasteiger partial charge in [-0.1, -0.05) is 6.07 Å². The van der Waals surface area contributed by atoms with Gasteiger partial charge in [-0.2, -0.15) is 0 Å². The van der Waals surface area contributed by atoms with Gasteiger partial charge in [-0.15, -0.1) is 0 Å². The zero-order chi connectivity index (χ0) is 14.8. The van der Waals surface area contributed by atoms with E-state index in [4.69, 9.17) is 0 Å². The van der Waals surface area contributed by atoms with E-state index in [1.165, 1.54) is 24.5 Å². The minimum Gasteiger partial charge on any atom is -0.508 e. The number of rotatable bonds is 3. The van der Waals surface area contributed by atoms with Gasteiger partial charge in [-0.05, 0) is 18.2 Å². The largest absolute Gasteiger partial charge is 0.508 e. The Balaban J connectivity index is 2.09. The van der Waals surface area contributed by atoms with E-state index >= 15 is 0 Å². The summed E-state index contributed by atoms with van der Waals surface area (Å²) in [6.45, 7) is 0. The Bertz CT molecular complexity index is 835. The first-order valence-corrected chi connectivity index (χ1v) is 6.09. The summed E-state index contributed by atoms with van der Waals surface area (Å²) in [5.41, 5.74) is 1.19. The van der Waals surface area contributed by atoms with Crippen LogP contribution in [0, 0.1) is 10.1 Å². The van der Waals surface area contributed by atoms with E-state index in [-0.39, 0.29) is 11.4 Å². The summed E-state index contributed by atoms with van der Waals surface area (Å²) in [5, 5.41) is 23.9. The van der Waals surface area contributed by atoms with Crippen LogP contribution in [0.25, 0.3) is 10.9 Å². The lowest BCUT2D eigenvalue weighted by Crippen LogP contribution is -1.97. The number of benzene rings is 2. The molecular formula is C14H10N4O3. The van der Waals surface area contributed by atoms with Gasteiger partial charge in [0.1, 0.15) is 17.9 Å². The van der Waals surface area contributed by atoms with Crippen molar-refractivity contribution < 1.29 is 10.0 Å². The van der Waals surface area contributed by atoms with Gasteiger partial charge >= 0.3 is 0 Å². The summed E-state index contributed by atoms with van der Waals surface area (Å²) < 4.78 is 0. The fourth-order valence-electron chi connectivity index (χ4n) is 1.98. The molecule has 1 heterocycles. The topological polar surface area (TPSA) is 101 Å². The lowest BCUT2D eigenvalue weighted by atomic mass is 10.2. The third-order valence-electron chi connectivity index (χ3n) is 2.94. The van der Waals surface area contributed by atoms with Gasteiger partial charge in [-0.3, -0.25) is 10.1 Å². The number of non-ortho nitro benzene ring substituents is 1. The first kappa shape index (κ1) is 12.8. The summed E-state index contributed by atoms with van der Waals surface area (Å²) >= 11 is 0. The van der Waals surface area contributed by atoms with Gasteiger partial charge in [0.15, 0.2) is 0 Å². The number of phenols is 1. The van der Waals surface area contributed by atoms with Crippen LogP contribution in [0.4, 0.5) is 17.2 Å². The van der Waals surface area contributed by atoms with Crippen LogP contribution < -0.4 is 5.32 Å². The highest BCUT2D eigenvalue weighted by molar-refractivity contribution is 5.92. The average molecular weight is 282 g/mol. The average Bonchev–Trinajstić information content (AvgIpc) is 2.47. The monoisotopic (exact) mass is 282 g/mol. The summed E-state index contributed by atoms with van der Waals surface area (Å²) in [6, 6.07) is 10.9. The van der Waals surface area contributed by atoms with Crippen LogP contribution in [0.2, 0.25) is 0 Å². The first-order valence-electron chi connectivity index (χ1n) is 6.09. The number of phenolic OH excluding ortho intramolecular Hbond substituents is 1. The van der Waals surface area contributed by atoms with Crippen molar-refractivity contribution in [1.29, 1.82) is 0 Å². The molecule has 0 aliphatic heterocycles. The second-order valence-electron chi connectivity index (χ2n) is 4.36. The van der Waals surface area contributed by atoms with Crippen molar-refractivity contribution in [2.45, 2.75) is 0 Å². The molecule has 2 aromatic carbocycles. The minimum atomic E-state index is -0.468. The van der Waals surface area contributed by atoms with E-state index in [9.17, 15) is 15.2 Å². The second kappa shape index (κ2) is 5.04. The highest BCUT2D eigenvalue weighted by atomic mass is 16.6. The summed E-state index contributed by atoms with van der Waals surface area (Å²) in [7, 11) is 0. The number of hydrogen-bond acceptors (Lipinski definition) is 6. The molecule has 0 amide bonds. The predicted octanol–water partition coefficient (Wildman–Crippen LogP) is 2.99. The number of nitrogens with zero attached hydrogens (tertiary/aromatic N) is 3. The van der Waals surface area contributed by atoms with Crippen molar-refractivity contribution in [2.24, 2.45) is 0 Å². The molecular weight excluding hydrogens is 272 g/mol. The van der Waals surface area contributed by atoms with Crippen molar-refractivity contribution in [3.8, 4) is 5.75 Å². The first-order chi connectivity index (χ1) is 10.1. The quantitative estimate of drug-likeness (QED) is 0.565. The van der Waals surface area contributed by atoms with Crippen molar-refractivity contribution in [1.82, 2.24) is 9.97 Å². The summed E-state index contributed by atoms with van der Waals surface area (Å²) in [5.74, 6) is 0.554. The van der Waals surface area contributed by atoms with Gasteiger partial charge in [-0.25, -0.2) is 9.97 Å². The molecule has 0 saturated heterocycles. The Morgan fingerprint density at radius 2 is 2.00 bits per heavy atom. The number of aromatic nitrogens is 2. The van der Waals surface area contributed by atoms with E-state index in [2.05, 4.69) is 15.3 Å². The standard InChI is InChI=1S/C14H10N4O3/c19-11-3-1-2-9(6-11)17-14-12-7-10(18(20)21)4-5-13(12)15-8-16-14/h1-8,19H,(H,15,16,17). The molecule has 0 fully saturated rings. The van der Waals surface area contributed by atoms with Gasteiger partial charge in [0.2, 0.25) is 0 Å². The van der Waals surface area contributed by atoms with Gasteiger partial charge < -0.3 is 10.4 Å². The van der Waals surface area contributed by atoms with Crippen LogP contribution in [-0.2, 0) is 0 Å². The Morgan fingerprint density at radius 1 is 1.14 bits per heavy atom. The zero-order valence-corrected chi connectivity index (χ0v) is 10.7. The molecule has 104 valence electrons. The molecule has 0 radical (unpaired) electrons. The van der Waals surface area contributed by atoms with Crippen molar-refractivity contribution >= 4 is 28.1 Å². The van der Waals surface area contributed by atoms with Crippen LogP contribution in [0.5, 0.6) is 5.75 Å². The molecule has 7 nitrogen and oxygen atoms in total. The third kappa shape index (κ3) is 2.57. The predicted molar refractivity (Wildman–Crippen MR) is 77.6 cm³/mol. The van der Waals surface area contributed by atoms with Gasteiger partial charge in [0, 0.05) is 29.3 Å². The summed E-state index contributed by atoms with van der Waals surface area (Å²) in [4.78, 5) is 18.6. The molecule has 0 bridgehead atoms. The van der Waals surface area contributed by atoms with E-state index in [0.717, 1.165) is 0 Å². The molecule has 3 aromatic rings. The van der Waals surface area contributed by atoms with Crippen molar-refractivity contribution in [2.75, 3.05) is 5.32 Å². The number of nitrogens with one attached hydrogen (secondary N) is 1. The van der Waals surface area contributed by atoms with Crippen molar-refractivity contribution in [3.05, 3.63) is 58.9 Å². The van der Waals surface area contributed by atoms with Gasteiger partial charge in [0.25, 0.3) is 5.69 Å². The maximum absolute atomic E-state index is 10.9. The fraction of sp³-hybridized carbons (Fsp3) is 0. The molecule has 1 aromatic heterocycles. The molecule has 0 atom stereocenters. The maximum Gasteiger partial charge on any atom is 0.270 e. The Labute approximate surface area is 119 Å². The SMILES string of the molecule is O=[N+]([O-])c1ccc2ncnc(Nc3cccc(O)c3)c2c1. The molecule has 2 N–H and O–H groups in total. The Hall–Kier alpha value is -3.22. The lowest BCUT2D eigenvalue weighted by Gasteiger charge is -2.08. The number of nitro groups is 1. The number of fused-ring (bicyclic) bond motifs is 1. The fourth-order valence-corrected chi connectivity index (χ4v) is 1.98. The van der Waals surface area contributed by atoms with Crippen molar-refractivity contribution in [3.63, 3.8) is 0 Å². The van der Waals surface area contributed by atoms with E-state index in [1.54, 1.807) is 24.3 Å². The van der Waals surface area contributed by atoms with E-state index in [0.29, 0.717) is 22.4 Å². The number of hydrogen-bond donors (Lipinski definition) is 2. The minimum absolute atomic E-state index is 0.0312. The number of nitro benzene ring substituents is 1. The van der Waals surface area contributed by atoms with Gasteiger partial charge in [0.05, 0.1) is 10.4 Å². The highest BCUT2D eigenvalue weighted by Crippen LogP contribution is 2.27. The normalized spacial score (nSPS) is 10.5. The van der Waals surface area contributed by atoms with Crippen LogP contribution in [0.3, 0.4) is 0 Å². The summed E-state index contributed by atoms with van der Waals surface area (Å²) in [6.07, 6.45) is 1.37. The second-order valence-corrected chi connectivity index (χ2v) is 4.36. The number of aromatic hydroxyl groups is 1. The smallest absolute Gasteiger partial charge is 0.270 e. The molecule has 0 aliphatic carbocycles. The van der Waals surface area contributed by atoms with E-state index in [1.807, 2.05) is 0 Å². The molecule has 0 spiro atoms. The molecule has 0 unspecified atom stereocenters. The van der Waals surface area contributed by atoms with Crippen LogP contribution in [0.15, 0.2) is 48.8 Å². The van der Waals surface area contributed by atoms with Crippen LogP contribution in [-0.4, -0.2) is 20.0 Å². The molecule has 3 rings (SSSR count). The van der Waals surface area contributed by atoms with Crippen LogP contribution >= 0.6 is 0 Å².